The molecule has 5 aromatic rings. The van der Waals surface area contributed by atoms with Crippen LogP contribution in [-0.2, 0) is 11.1 Å². The number of hydrogen-bond acceptors (Lipinski definition) is 6. The Kier molecular flexibility index (Phi) is 4.03. The maximum atomic E-state index is 12.4. The van der Waals surface area contributed by atoms with Crippen LogP contribution in [0.2, 0.25) is 0 Å². The summed E-state index contributed by atoms with van der Waals surface area (Å²) in [5, 5.41) is 9.17. The third kappa shape index (κ3) is 3.32. The minimum Gasteiger partial charge on any atom is -0.319 e. The van der Waals surface area contributed by atoms with Gasteiger partial charge in [-0.25, -0.2) is 19.6 Å². The number of pyridine rings is 1. The van der Waals surface area contributed by atoms with Gasteiger partial charge >= 0.3 is 0 Å². The van der Waals surface area contributed by atoms with Crippen molar-refractivity contribution in [2.24, 2.45) is 0 Å². The molecule has 144 valence electrons. The van der Waals surface area contributed by atoms with Gasteiger partial charge in [0.2, 0.25) is 5.65 Å². The van der Waals surface area contributed by atoms with Crippen LogP contribution in [0.4, 0.5) is 0 Å². The first-order valence-corrected chi connectivity index (χ1v) is 11.7. The number of nitrogens with zero attached hydrogens (tertiary/aromatic N) is 7. The Balaban J connectivity index is 1.54. The van der Waals surface area contributed by atoms with Gasteiger partial charge in [0.25, 0.3) is 0 Å². The van der Waals surface area contributed by atoms with Crippen molar-refractivity contribution >= 4 is 29.4 Å². The van der Waals surface area contributed by atoms with Crippen LogP contribution in [0, 0.1) is 0 Å². The van der Waals surface area contributed by atoms with Crippen molar-refractivity contribution in [2.75, 3.05) is 13.3 Å². The largest absolute Gasteiger partial charge is 0.319 e. The second kappa shape index (κ2) is 6.60. The summed E-state index contributed by atoms with van der Waals surface area (Å²) in [6, 6.07) is 11.6. The van der Waals surface area contributed by atoms with Crippen LogP contribution < -0.4 is 5.30 Å². The molecule has 0 spiro atoms. The first-order chi connectivity index (χ1) is 14.0. The van der Waals surface area contributed by atoms with Crippen molar-refractivity contribution in [3.8, 4) is 11.3 Å². The predicted molar refractivity (Wildman–Crippen MR) is 112 cm³/mol. The predicted octanol–water partition coefficient (Wildman–Crippen LogP) is 2.83. The molecule has 0 saturated carbocycles. The fourth-order valence-electron chi connectivity index (χ4n) is 3.23. The highest BCUT2D eigenvalue weighted by Gasteiger charge is 2.14. The van der Waals surface area contributed by atoms with E-state index in [0.717, 1.165) is 22.1 Å². The lowest BCUT2D eigenvalue weighted by atomic mass is 10.2. The van der Waals surface area contributed by atoms with Crippen molar-refractivity contribution in [3.63, 3.8) is 0 Å². The Morgan fingerprint density at radius 3 is 2.86 bits per heavy atom. The maximum absolute atomic E-state index is 12.4. The van der Waals surface area contributed by atoms with Crippen molar-refractivity contribution < 1.29 is 4.57 Å². The van der Waals surface area contributed by atoms with E-state index in [0.29, 0.717) is 23.5 Å². The van der Waals surface area contributed by atoms with E-state index in [9.17, 15) is 4.57 Å². The minimum atomic E-state index is -2.36. The van der Waals surface area contributed by atoms with Crippen LogP contribution in [0.1, 0.15) is 5.56 Å². The third-order valence-electron chi connectivity index (χ3n) is 4.77. The average molecular weight is 403 g/mol. The van der Waals surface area contributed by atoms with E-state index >= 15 is 0 Å². The molecule has 0 atom stereocenters. The molecule has 4 heterocycles. The van der Waals surface area contributed by atoms with E-state index in [2.05, 4.69) is 20.3 Å². The van der Waals surface area contributed by atoms with Gasteiger partial charge in [-0.05, 0) is 31.0 Å². The number of fused-ring (bicyclic) bond motifs is 2. The van der Waals surface area contributed by atoms with Gasteiger partial charge in [0.05, 0.1) is 18.4 Å². The molecule has 9 heteroatoms. The third-order valence-corrected chi connectivity index (χ3v) is 6.30. The molecule has 0 aliphatic carbocycles. The first kappa shape index (κ1) is 17.7. The summed E-state index contributed by atoms with van der Waals surface area (Å²) in [5.41, 5.74) is 4.60. The molecule has 0 aliphatic heterocycles. The Labute approximate surface area is 166 Å². The topological polar surface area (TPSA) is 90.9 Å². The van der Waals surface area contributed by atoms with Gasteiger partial charge in [0.1, 0.15) is 12.8 Å². The Bertz CT molecular complexity index is 1400. The van der Waals surface area contributed by atoms with E-state index in [1.807, 2.05) is 53.2 Å². The van der Waals surface area contributed by atoms with E-state index in [-0.39, 0.29) is 0 Å². The highest BCUT2D eigenvalue weighted by Crippen LogP contribution is 2.35. The van der Waals surface area contributed by atoms with Crippen molar-refractivity contribution in [2.45, 2.75) is 6.54 Å². The number of imidazole rings is 1. The van der Waals surface area contributed by atoms with Crippen molar-refractivity contribution in [3.05, 3.63) is 66.7 Å². The molecule has 0 unspecified atom stereocenters. The Morgan fingerprint density at radius 1 is 1.10 bits per heavy atom. The van der Waals surface area contributed by atoms with E-state index in [1.54, 1.807) is 30.4 Å². The maximum Gasteiger partial charge on any atom is 0.221 e. The van der Waals surface area contributed by atoms with Crippen LogP contribution in [0.5, 0.6) is 0 Å². The number of benzene rings is 1. The SMILES string of the molecule is CP(C)(=O)c1cccc(-c2cnc3nnn(Cc4ccc5nccn5c4)c3n2)c1. The standard InChI is InChI=1S/C20H18N7OP/c1-29(2,28)16-5-3-4-15(10-16)17-11-22-19-20(23-17)27(25-24-19)13-14-6-7-18-21-8-9-26(18)12-14/h3-12H,13H2,1-2H3. The Morgan fingerprint density at radius 2 is 2.00 bits per heavy atom. The average Bonchev–Trinajstić information content (AvgIpc) is 3.34. The highest BCUT2D eigenvalue weighted by molar-refractivity contribution is 7.70. The number of hydrogen-bond donors (Lipinski definition) is 0. The monoisotopic (exact) mass is 403 g/mol. The van der Waals surface area contributed by atoms with Crippen LogP contribution in [0.25, 0.3) is 28.2 Å². The molecule has 0 saturated heterocycles. The summed E-state index contributed by atoms with van der Waals surface area (Å²) in [6.45, 7) is 4.04. The van der Waals surface area contributed by atoms with Gasteiger partial charge < -0.3 is 8.97 Å². The molecule has 0 bridgehead atoms. The number of rotatable bonds is 4. The molecule has 0 radical (unpaired) electrons. The summed E-state index contributed by atoms with van der Waals surface area (Å²) < 4.78 is 16.1. The molecular formula is C20H18N7OP. The zero-order chi connectivity index (χ0) is 20.0. The summed E-state index contributed by atoms with van der Waals surface area (Å²) in [6.07, 6.45) is 7.36. The highest BCUT2D eigenvalue weighted by atomic mass is 31.2. The lowest BCUT2D eigenvalue weighted by Crippen LogP contribution is -2.05. The second-order valence-electron chi connectivity index (χ2n) is 7.28. The van der Waals surface area contributed by atoms with Gasteiger partial charge in [-0.1, -0.05) is 29.5 Å². The molecule has 29 heavy (non-hydrogen) atoms. The summed E-state index contributed by atoms with van der Waals surface area (Å²) >= 11 is 0. The van der Waals surface area contributed by atoms with Gasteiger partial charge in [-0.2, -0.15) is 0 Å². The van der Waals surface area contributed by atoms with Crippen LogP contribution in [0.15, 0.2) is 61.2 Å². The molecule has 0 fully saturated rings. The van der Waals surface area contributed by atoms with Gasteiger partial charge in [0.15, 0.2) is 5.65 Å². The molecule has 5 rings (SSSR count). The molecule has 0 amide bonds. The summed E-state index contributed by atoms with van der Waals surface area (Å²) in [7, 11) is -2.36. The number of aromatic nitrogens is 7. The normalized spacial score (nSPS) is 12.1. The zero-order valence-corrected chi connectivity index (χ0v) is 16.9. The van der Waals surface area contributed by atoms with Gasteiger partial charge in [0, 0.05) is 29.5 Å². The minimum absolute atomic E-state index is 0.491. The van der Waals surface area contributed by atoms with Crippen LogP contribution in [-0.4, -0.2) is 47.7 Å². The zero-order valence-electron chi connectivity index (χ0n) is 16.0. The van der Waals surface area contributed by atoms with Crippen LogP contribution >= 0.6 is 7.14 Å². The van der Waals surface area contributed by atoms with Crippen LogP contribution in [0.3, 0.4) is 0 Å². The van der Waals surface area contributed by atoms with Crippen molar-refractivity contribution in [1.82, 2.24) is 34.3 Å². The molecule has 0 N–H and O–H groups in total. The second-order valence-corrected chi connectivity index (χ2v) is 10.5. The summed E-state index contributed by atoms with van der Waals surface area (Å²) in [5.74, 6) is 0. The molecule has 8 nitrogen and oxygen atoms in total. The molecule has 1 aromatic carbocycles. The molecule has 0 aliphatic rings. The van der Waals surface area contributed by atoms with Crippen molar-refractivity contribution in [1.29, 1.82) is 0 Å². The van der Waals surface area contributed by atoms with E-state index in [1.165, 1.54) is 0 Å². The lowest BCUT2D eigenvalue weighted by Gasteiger charge is -2.09. The fourth-order valence-corrected chi connectivity index (χ4v) is 4.13. The smallest absolute Gasteiger partial charge is 0.221 e. The molecule has 4 aromatic heterocycles. The molecular weight excluding hydrogens is 385 g/mol. The fraction of sp³-hybridized carbons (Fsp3) is 0.150. The summed E-state index contributed by atoms with van der Waals surface area (Å²) in [4.78, 5) is 13.4. The lowest BCUT2D eigenvalue weighted by molar-refractivity contribution is 0.588. The van der Waals surface area contributed by atoms with E-state index < -0.39 is 7.14 Å². The first-order valence-electron chi connectivity index (χ1n) is 9.11. The van der Waals surface area contributed by atoms with E-state index in [4.69, 9.17) is 4.98 Å². The van der Waals surface area contributed by atoms with Gasteiger partial charge in [-0.15, -0.1) is 5.10 Å². The van der Waals surface area contributed by atoms with Gasteiger partial charge in [-0.3, -0.25) is 0 Å². The Hall–Kier alpha value is -3.38. The quantitative estimate of drug-likeness (QED) is 0.429.